The van der Waals surface area contributed by atoms with Gasteiger partial charge in [-0.3, -0.25) is 4.57 Å². The van der Waals surface area contributed by atoms with Crippen LogP contribution in [0.1, 0.15) is 34.8 Å². The minimum atomic E-state index is -0.398. The van der Waals surface area contributed by atoms with E-state index < -0.39 is 6.17 Å². The molecule has 57 heavy (non-hydrogen) atoms. The lowest BCUT2D eigenvalue weighted by molar-refractivity contribution is 0.667. The largest absolute Gasteiger partial charge is 0.344 e. The number of hydrogen-bond acceptors (Lipinski definition) is 3. The molecule has 2 aliphatic rings. The standard InChI is InChI=1S/C52H35N5/c1-2-15-33-18-12-26-41(36(33)21-3-1)50-53-51(42-27-13-19-34-16-4-6-22-37(34)42)55-52(54-50)57-45-28-10-8-24-39(45)40-31-32-47-48(49(40)57)43-25-9-11-29-46(43)56(47)44-30-14-20-35-17-5-7-23-38(35)44/h2-32,50H,1H2,(H,53,54,55). The molecular formula is C52H35N5. The lowest BCUT2D eigenvalue weighted by Gasteiger charge is -2.26. The average molecular weight is 730 g/mol. The third-order valence-electron chi connectivity index (χ3n) is 11.8. The number of aliphatic imine (C=N–C) groups is 2. The first-order valence-electron chi connectivity index (χ1n) is 19.6. The molecule has 0 fully saturated rings. The molecule has 1 atom stereocenters. The van der Waals surface area contributed by atoms with Gasteiger partial charge >= 0.3 is 0 Å². The predicted molar refractivity (Wildman–Crippen MR) is 240 cm³/mol. The van der Waals surface area contributed by atoms with Gasteiger partial charge in [0.2, 0.25) is 5.96 Å². The molecule has 8 aromatic carbocycles. The molecule has 12 rings (SSSR count). The summed E-state index contributed by atoms with van der Waals surface area (Å²) in [4.78, 5) is 11.1. The monoisotopic (exact) mass is 729 g/mol. The average Bonchev–Trinajstić information content (AvgIpc) is 3.67. The predicted octanol–water partition coefficient (Wildman–Crippen LogP) is 12.6. The summed E-state index contributed by atoms with van der Waals surface area (Å²) in [5.74, 6) is 1.44. The zero-order valence-corrected chi connectivity index (χ0v) is 31.0. The minimum absolute atomic E-state index is 0.398. The molecule has 1 unspecified atom stereocenters. The van der Waals surface area contributed by atoms with E-state index in [0.717, 1.165) is 61.9 Å². The van der Waals surface area contributed by atoms with Crippen LogP contribution in [-0.2, 0) is 0 Å². The molecule has 10 aromatic rings. The number of nitrogens with zero attached hydrogens (tertiary/aromatic N) is 4. The lowest BCUT2D eigenvalue weighted by atomic mass is 9.98. The summed E-state index contributed by atoms with van der Waals surface area (Å²) in [5.41, 5.74) is 10.1. The molecule has 1 N–H and O–H groups in total. The Morgan fingerprint density at radius 3 is 2.04 bits per heavy atom. The van der Waals surface area contributed by atoms with E-state index in [1.54, 1.807) is 0 Å². The number of rotatable bonds is 3. The fourth-order valence-corrected chi connectivity index (χ4v) is 9.28. The van der Waals surface area contributed by atoms with E-state index >= 15 is 0 Å². The van der Waals surface area contributed by atoms with Crippen molar-refractivity contribution in [2.75, 3.05) is 0 Å². The van der Waals surface area contributed by atoms with Crippen LogP contribution in [0, 0.1) is 0 Å². The summed E-state index contributed by atoms with van der Waals surface area (Å²) in [6.45, 7) is 0. The molecular weight excluding hydrogens is 695 g/mol. The number of nitrogens with one attached hydrogen (secondary N) is 1. The number of para-hydroxylation sites is 2. The number of amidine groups is 1. The van der Waals surface area contributed by atoms with Gasteiger partial charge in [-0.25, -0.2) is 4.99 Å². The minimum Gasteiger partial charge on any atom is -0.344 e. The molecule has 0 saturated carbocycles. The van der Waals surface area contributed by atoms with Gasteiger partial charge in [-0.1, -0.05) is 164 Å². The third kappa shape index (κ3) is 4.82. The molecule has 5 heteroatoms. The quantitative estimate of drug-likeness (QED) is 0.193. The number of fused-ring (bicyclic) bond motifs is 10. The molecule has 3 heterocycles. The maximum absolute atomic E-state index is 5.60. The summed E-state index contributed by atoms with van der Waals surface area (Å²) in [7, 11) is 0. The Bertz CT molecular complexity index is 3420. The van der Waals surface area contributed by atoms with Gasteiger partial charge in [-0.05, 0) is 58.0 Å². The number of hydrogen-bond donors (Lipinski definition) is 1. The highest BCUT2D eigenvalue weighted by Crippen LogP contribution is 2.42. The van der Waals surface area contributed by atoms with Crippen LogP contribution in [0.2, 0.25) is 0 Å². The van der Waals surface area contributed by atoms with E-state index in [4.69, 9.17) is 9.98 Å². The van der Waals surface area contributed by atoms with Crippen molar-refractivity contribution in [3.05, 3.63) is 198 Å². The van der Waals surface area contributed by atoms with Crippen molar-refractivity contribution in [1.82, 2.24) is 14.5 Å². The van der Waals surface area contributed by atoms with Gasteiger partial charge in [0.15, 0.2) is 0 Å². The second-order valence-corrected chi connectivity index (χ2v) is 14.9. The molecule has 268 valence electrons. The number of aromatic nitrogens is 2. The van der Waals surface area contributed by atoms with Gasteiger partial charge in [0.25, 0.3) is 0 Å². The van der Waals surface area contributed by atoms with Crippen molar-refractivity contribution < 1.29 is 0 Å². The Morgan fingerprint density at radius 2 is 1.18 bits per heavy atom. The Labute approximate surface area is 328 Å². The Kier molecular flexibility index (Phi) is 6.99. The van der Waals surface area contributed by atoms with E-state index in [0.29, 0.717) is 5.96 Å². The molecule has 0 radical (unpaired) electrons. The van der Waals surface area contributed by atoms with E-state index in [1.807, 2.05) is 0 Å². The van der Waals surface area contributed by atoms with Crippen molar-refractivity contribution >= 4 is 89.1 Å². The first kappa shape index (κ1) is 31.8. The van der Waals surface area contributed by atoms with Crippen LogP contribution < -0.4 is 5.32 Å². The van der Waals surface area contributed by atoms with Crippen LogP contribution in [0.5, 0.6) is 0 Å². The fraction of sp³-hybridized carbons (Fsp3) is 0.0385. The van der Waals surface area contributed by atoms with Crippen LogP contribution in [0.3, 0.4) is 0 Å². The van der Waals surface area contributed by atoms with E-state index in [9.17, 15) is 0 Å². The van der Waals surface area contributed by atoms with Crippen LogP contribution >= 0.6 is 0 Å². The topological polar surface area (TPSA) is 46.6 Å². The van der Waals surface area contributed by atoms with Gasteiger partial charge in [-0.2, -0.15) is 4.99 Å². The molecule has 1 aliphatic heterocycles. The van der Waals surface area contributed by atoms with Gasteiger partial charge in [0.1, 0.15) is 12.0 Å². The first-order chi connectivity index (χ1) is 28.3. The smallest absolute Gasteiger partial charge is 0.234 e. The Morgan fingerprint density at radius 1 is 0.509 bits per heavy atom. The van der Waals surface area contributed by atoms with Crippen molar-refractivity contribution in [2.45, 2.75) is 12.6 Å². The zero-order chi connectivity index (χ0) is 37.5. The maximum atomic E-state index is 5.60. The van der Waals surface area contributed by atoms with Crippen LogP contribution in [0.4, 0.5) is 0 Å². The van der Waals surface area contributed by atoms with E-state index in [2.05, 4.69) is 203 Å². The Hall–Kier alpha value is -7.50. The third-order valence-corrected chi connectivity index (χ3v) is 11.8. The second kappa shape index (κ2) is 12.5. The molecule has 5 nitrogen and oxygen atoms in total. The molecule has 0 bridgehead atoms. The van der Waals surface area contributed by atoms with Gasteiger partial charge in [0.05, 0.1) is 27.8 Å². The van der Waals surface area contributed by atoms with Crippen molar-refractivity contribution in [1.29, 1.82) is 0 Å². The first-order valence-corrected chi connectivity index (χ1v) is 19.6. The van der Waals surface area contributed by atoms with Gasteiger partial charge < -0.3 is 9.88 Å². The van der Waals surface area contributed by atoms with Crippen molar-refractivity contribution in [3.63, 3.8) is 0 Å². The highest BCUT2D eigenvalue weighted by molar-refractivity contribution is 6.29. The second-order valence-electron chi connectivity index (χ2n) is 14.9. The van der Waals surface area contributed by atoms with E-state index in [-0.39, 0.29) is 0 Å². The van der Waals surface area contributed by atoms with Crippen LogP contribution in [-0.4, -0.2) is 20.9 Å². The maximum Gasteiger partial charge on any atom is 0.234 e. The van der Waals surface area contributed by atoms with E-state index in [1.165, 1.54) is 43.4 Å². The lowest BCUT2D eigenvalue weighted by Crippen LogP contribution is -2.35. The van der Waals surface area contributed by atoms with Crippen LogP contribution in [0.25, 0.3) is 83.0 Å². The fourth-order valence-electron chi connectivity index (χ4n) is 9.28. The van der Waals surface area contributed by atoms with Gasteiger partial charge in [-0.15, -0.1) is 0 Å². The zero-order valence-electron chi connectivity index (χ0n) is 31.0. The molecule has 1 aliphatic carbocycles. The summed E-state index contributed by atoms with van der Waals surface area (Å²) >= 11 is 0. The highest BCUT2D eigenvalue weighted by Gasteiger charge is 2.28. The molecule has 0 saturated heterocycles. The SMILES string of the molecule is C1=Cc2cccc(C3N=C(n4c5ccccc5c5ccc6c(c7ccccc7n6-c6cccc7ccccc67)c54)N=C(c4cccc5ccccc45)N3)c2C=CC1. The normalized spacial score (nSPS) is 15.3. The van der Waals surface area contributed by atoms with Crippen molar-refractivity contribution in [2.24, 2.45) is 9.98 Å². The summed E-state index contributed by atoms with van der Waals surface area (Å²) < 4.78 is 4.76. The van der Waals surface area contributed by atoms with Crippen LogP contribution in [0.15, 0.2) is 186 Å². The molecule has 2 aromatic heterocycles. The summed E-state index contributed by atoms with van der Waals surface area (Å²) in [6.07, 6.45) is 9.42. The highest BCUT2D eigenvalue weighted by atomic mass is 15.3. The van der Waals surface area contributed by atoms with Gasteiger partial charge in [0, 0.05) is 38.1 Å². The summed E-state index contributed by atoms with van der Waals surface area (Å²) in [5, 5.41) is 13.3. The Balaban J connectivity index is 1.20. The molecule has 0 amide bonds. The molecule has 0 spiro atoms. The summed E-state index contributed by atoms with van der Waals surface area (Å²) in [6, 6.07) is 58.9. The van der Waals surface area contributed by atoms with Crippen molar-refractivity contribution in [3.8, 4) is 5.69 Å². The number of allylic oxidation sites excluding steroid dienone is 2. The number of benzene rings is 8.